The van der Waals surface area contributed by atoms with Crippen molar-refractivity contribution in [3.63, 3.8) is 0 Å². The van der Waals surface area contributed by atoms with E-state index in [-0.39, 0.29) is 17.8 Å². The lowest BCUT2D eigenvalue weighted by molar-refractivity contribution is 0.276. The molecule has 1 aliphatic rings. The van der Waals surface area contributed by atoms with Gasteiger partial charge in [0.15, 0.2) is 0 Å². The third-order valence-electron chi connectivity index (χ3n) is 4.18. The fourth-order valence-corrected chi connectivity index (χ4v) is 3.00. The van der Waals surface area contributed by atoms with Gasteiger partial charge in [0.05, 0.1) is 7.11 Å². The first-order valence-corrected chi connectivity index (χ1v) is 6.74. The Morgan fingerprint density at radius 1 is 1.39 bits per heavy atom. The number of nitrogens with two attached hydrogens (primary N) is 1. The van der Waals surface area contributed by atoms with Gasteiger partial charge in [0.1, 0.15) is 11.6 Å². The van der Waals surface area contributed by atoms with Crippen molar-refractivity contribution in [1.29, 1.82) is 0 Å². The standard InChI is InChI=1S/C15H22FNO/c1-3-10-4-6-14(17)12(8-10)13-9-11(16)5-7-15(13)18-2/h5,7,9-10,12,14H,3-4,6,8,17H2,1-2H3. The number of ether oxygens (including phenoxy) is 1. The largest absolute Gasteiger partial charge is 0.496 e. The molecule has 3 heteroatoms. The van der Waals surface area contributed by atoms with Crippen LogP contribution in [0, 0.1) is 11.7 Å². The number of methoxy groups -OCH3 is 1. The summed E-state index contributed by atoms with van der Waals surface area (Å²) in [6, 6.07) is 4.84. The normalized spacial score (nSPS) is 28.1. The molecule has 0 heterocycles. The van der Waals surface area contributed by atoms with Crippen LogP contribution in [0.5, 0.6) is 5.75 Å². The summed E-state index contributed by atoms with van der Waals surface area (Å²) in [5.41, 5.74) is 7.16. The van der Waals surface area contributed by atoms with Crippen molar-refractivity contribution in [3.05, 3.63) is 29.6 Å². The number of hydrogen-bond donors (Lipinski definition) is 1. The van der Waals surface area contributed by atoms with E-state index < -0.39 is 0 Å². The number of rotatable bonds is 3. The monoisotopic (exact) mass is 251 g/mol. The van der Waals surface area contributed by atoms with E-state index in [0.29, 0.717) is 5.92 Å². The van der Waals surface area contributed by atoms with Crippen LogP contribution in [-0.4, -0.2) is 13.2 Å². The molecule has 18 heavy (non-hydrogen) atoms. The lowest BCUT2D eigenvalue weighted by Gasteiger charge is -2.34. The van der Waals surface area contributed by atoms with Gasteiger partial charge >= 0.3 is 0 Å². The smallest absolute Gasteiger partial charge is 0.123 e. The van der Waals surface area contributed by atoms with E-state index in [2.05, 4.69) is 6.92 Å². The molecule has 3 atom stereocenters. The predicted octanol–water partition coefficient (Wildman–Crippen LogP) is 3.46. The summed E-state index contributed by atoms with van der Waals surface area (Å²) in [6.07, 6.45) is 4.41. The lowest BCUT2D eigenvalue weighted by Crippen LogP contribution is -2.34. The van der Waals surface area contributed by atoms with E-state index in [4.69, 9.17) is 10.5 Å². The Hall–Kier alpha value is -1.09. The van der Waals surface area contributed by atoms with Crippen LogP contribution in [0.25, 0.3) is 0 Å². The average molecular weight is 251 g/mol. The van der Waals surface area contributed by atoms with Crippen molar-refractivity contribution in [3.8, 4) is 5.75 Å². The zero-order chi connectivity index (χ0) is 13.1. The predicted molar refractivity (Wildman–Crippen MR) is 71.3 cm³/mol. The summed E-state index contributed by atoms with van der Waals surface area (Å²) in [6.45, 7) is 2.21. The molecule has 0 spiro atoms. The average Bonchev–Trinajstić information content (AvgIpc) is 2.39. The zero-order valence-corrected chi connectivity index (χ0v) is 11.2. The first kappa shape index (κ1) is 13.3. The van der Waals surface area contributed by atoms with Gasteiger partial charge in [0.2, 0.25) is 0 Å². The summed E-state index contributed by atoms with van der Waals surface area (Å²) in [4.78, 5) is 0. The van der Waals surface area contributed by atoms with Gasteiger partial charge < -0.3 is 10.5 Å². The Labute approximate surface area is 108 Å². The molecule has 2 rings (SSSR count). The molecular weight excluding hydrogens is 229 g/mol. The minimum absolute atomic E-state index is 0.114. The lowest BCUT2D eigenvalue weighted by atomic mass is 9.74. The van der Waals surface area contributed by atoms with Crippen molar-refractivity contribution in [2.45, 2.75) is 44.6 Å². The van der Waals surface area contributed by atoms with Gasteiger partial charge in [-0.25, -0.2) is 4.39 Å². The number of hydrogen-bond acceptors (Lipinski definition) is 2. The number of benzene rings is 1. The van der Waals surface area contributed by atoms with E-state index >= 15 is 0 Å². The topological polar surface area (TPSA) is 35.2 Å². The molecule has 1 aromatic rings. The van der Waals surface area contributed by atoms with Crippen LogP contribution in [-0.2, 0) is 0 Å². The molecule has 0 amide bonds. The maximum atomic E-state index is 13.4. The second kappa shape index (κ2) is 5.70. The summed E-state index contributed by atoms with van der Waals surface area (Å²) >= 11 is 0. The Bertz CT molecular complexity index is 407. The minimum Gasteiger partial charge on any atom is -0.496 e. The fraction of sp³-hybridized carbons (Fsp3) is 0.600. The Morgan fingerprint density at radius 2 is 2.17 bits per heavy atom. The van der Waals surface area contributed by atoms with Crippen LogP contribution in [0.3, 0.4) is 0 Å². The molecule has 100 valence electrons. The molecule has 1 aliphatic carbocycles. The molecular formula is C15H22FNO. The molecule has 0 aromatic heterocycles. The number of halogens is 1. The highest BCUT2D eigenvalue weighted by atomic mass is 19.1. The van der Waals surface area contributed by atoms with Crippen LogP contribution in [0.4, 0.5) is 4.39 Å². The van der Waals surface area contributed by atoms with Crippen molar-refractivity contribution in [2.24, 2.45) is 11.7 Å². The first-order valence-electron chi connectivity index (χ1n) is 6.74. The summed E-state index contributed by atoms with van der Waals surface area (Å²) in [7, 11) is 1.63. The molecule has 1 saturated carbocycles. The van der Waals surface area contributed by atoms with Gasteiger partial charge in [-0.3, -0.25) is 0 Å². The van der Waals surface area contributed by atoms with Crippen LogP contribution in [0.1, 0.15) is 44.1 Å². The highest BCUT2D eigenvalue weighted by Crippen LogP contribution is 2.40. The second-order valence-corrected chi connectivity index (χ2v) is 5.24. The summed E-state index contributed by atoms with van der Waals surface area (Å²) in [5.74, 6) is 1.46. The van der Waals surface area contributed by atoms with Gasteiger partial charge in [-0.15, -0.1) is 0 Å². The third-order valence-corrected chi connectivity index (χ3v) is 4.18. The Kier molecular flexibility index (Phi) is 4.23. The fourth-order valence-electron chi connectivity index (χ4n) is 3.00. The van der Waals surface area contributed by atoms with Crippen LogP contribution >= 0.6 is 0 Å². The Morgan fingerprint density at radius 3 is 2.83 bits per heavy atom. The molecule has 0 aliphatic heterocycles. The van der Waals surface area contributed by atoms with E-state index in [0.717, 1.165) is 24.2 Å². The molecule has 0 saturated heterocycles. The van der Waals surface area contributed by atoms with Crippen molar-refractivity contribution < 1.29 is 9.13 Å². The van der Waals surface area contributed by atoms with Crippen molar-refractivity contribution in [2.75, 3.05) is 7.11 Å². The molecule has 1 aromatic carbocycles. The van der Waals surface area contributed by atoms with Gasteiger partial charge in [-0.1, -0.05) is 13.3 Å². The molecule has 2 nitrogen and oxygen atoms in total. The minimum atomic E-state index is -0.211. The molecule has 3 unspecified atom stereocenters. The van der Waals surface area contributed by atoms with E-state index in [1.54, 1.807) is 19.2 Å². The highest BCUT2D eigenvalue weighted by molar-refractivity contribution is 5.38. The second-order valence-electron chi connectivity index (χ2n) is 5.24. The van der Waals surface area contributed by atoms with Crippen LogP contribution < -0.4 is 10.5 Å². The Balaban J connectivity index is 2.30. The van der Waals surface area contributed by atoms with E-state index in [9.17, 15) is 4.39 Å². The molecule has 2 N–H and O–H groups in total. The van der Waals surface area contributed by atoms with E-state index in [1.807, 2.05) is 0 Å². The van der Waals surface area contributed by atoms with E-state index in [1.165, 1.54) is 18.9 Å². The quantitative estimate of drug-likeness (QED) is 0.893. The van der Waals surface area contributed by atoms with Gasteiger partial charge in [-0.2, -0.15) is 0 Å². The SMILES string of the molecule is CCC1CCC(N)C(c2cc(F)ccc2OC)C1. The van der Waals surface area contributed by atoms with Crippen LogP contribution in [0.2, 0.25) is 0 Å². The van der Waals surface area contributed by atoms with Crippen molar-refractivity contribution >= 4 is 0 Å². The maximum absolute atomic E-state index is 13.4. The first-order chi connectivity index (χ1) is 8.65. The van der Waals surface area contributed by atoms with Crippen LogP contribution in [0.15, 0.2) is 18.2 Å². The van der Waals surface area contributed by atoms with Gasteiger partial charge in [0, 0.05) is 17.5 Å². The summed E-state index contributed by atoms with van der Waals surface area (Å²) in [5, 5.41) is 0. The molecule has 0 bridgehead atoms. The molecule has 0 radical (unpaired) electrons. The maximum Gasteiger partial charge on any atom is 0.123 e. The molecule has 1 fully saturated rings. The van der Waals surface area contributed by atoms with Gasteiger partial charge in [0.25, 0.3) is 0 Å². The summed E-state index contributed by atoms with van der Waals surface area (Å²) < 4.78 is 18.8. The van der Waals surface area contributed by atoms with Gasteiger partial charge in [-0.05, 0) is 43.4 Å². The zero-order valence-electron chi connectivity index (χ0n) is 11.2. The highest BCUT2D eigenvalue weighted by Gasteiger charge is 2.30. The third kappa shape index (κ3) is 2.66. The van der Waals surface area contributed by atoms with Crippen molar-refractivity contribution in [1.82, 2.24) is 0 Å².